The molecule has 0 saturated heterocycles. The quantitative estimate of drug-likeness (QED) is 0.869. The Hall–Kier alpha value is -1.47. The normalized spacial score (nSPS) is 10.2. The van der Waals surface area contributed by atoms with Crippen LogP contribution < -0.4 is 5.32 Å². The smallest absolute Gasteiger partial charge is 0.329 e. The van der Waals surface area contributed by atoms with Crippen LogP contribution in [0.1, 0.15) is 5.56 Å². The molecule has 0 aliphatic heterocycles. The van der Waals surface area contributed by atoms with Gasteiger partial charge in [-0.05, 0) is 40.5 Å². The van der Waals surface area contributed by atoms with Crippen LogP contribution in [-0.2, 0) is 14.3 Å². The maximum Gasteiger partial charge on any atom is 0.329 e. The highest BCUT2D eigenvalue weighted by Gasteiger charge is 2.09. The molecule has 5 nitrogen and oxygen atoms in total. The molecule has 98 valence electrons. The Morgan fingerprint density at radius 2 is 2.11 bits per heavy atom. The number of rotatable bonds is 5. The second kappa shape index (κ2) is 6.46. The van der Waals surface area contributed by atoms with Crippen LogP contribution in [-0.4, -0.2) is 30.2 Å². The molecule has 0 unspecified atom stereocenters. The molecule has 0 heterocycles. The summed E-state index contributed by atoms with van der Waals surface area (Å²) in [5.74, 6) is -2.08. The number of nitrogens with one attached hydrogen (secondary N) is 1. The number of benzene rings is 1. The molecular formula is C11H11BrFNO4. The number of aryl methyl sites for hydroxylation is 1. The van der Waals surface area contributed by atoms with Crippen molar-refractivity contribution in [2.75, 3.05) is 18.5 Å². The van der Waals surface area contributed by atoms with Crippen LogP contribution in [0.15, 0.2) is 16.6 Å². The van der Waals surface area contributed by atoms with E-state index in [1.54, 1.807) is 6.92 Å². The van der Waals surface area contributed by atoms with Gasteiger partial charge >= 0.3 is 5.97 Å². The number of carbonyl (C=O) groups excluding carboxylic acids is 1. The maximum absolute atomic E-state index is 13.1. The van der Waals surface area contributed by atoms with Crippen molar-refractivity contribution in [2.45, 2.75) is 6.92 Å². The number of hydrogen-bond acceptors (Lipinski definition) is 3. The van der Waals surface area contributed by atoms with Gasteiger partial charge in [-0.3, -0.25) is 4.79 Å². The molecule has 7 heteroatoms. The van der Waals surface area contributed by atoms with Gasteiger partial charge < -0.3 is 15.2 Å². The lowest BCUT2D eigenvalue weighted by Gasteiger charge is -2.09. The average molecular weight is 320 g/mol. The monoisotopic (exact) mass is 319 g/mol. The van der Waals surface area contributed by atoms with E-state index in [4.69, 9.17) is 5.11 Å². The Morgan fingerprint density at radius 3 is 2.72 bits per heavy atom. The maximum atomic E-state index is 13.1. The third-order valence-electron chi connectivity index (χ3n) is 2.00. The van der Waals surface area contributed by atoms with Crippen LogP contribution in [0.4, 0.5) is 10.1 Å². The zero-order valence-electron chi connectivity index (χ0n) is 9.50. The molecule has 0 spiro atoms. The number of halogens is 2. The first-order chi connectivity index (χ1) is 8.40. The minimum Gasteiger partial charge on any atom is -0.480 e. The summed E-state index contributed by atoms with van der Waals surface area (Å²) in [7, 11) is 0. The summed E-state index contributed by atoms with van der Waals surface area (Å²) >= 11 is 3.01. The SMILES string of the molecule is Cc1cc(F)c(Br)cc1NC(=O)COCC(=O)O. The van der Waals surface area contributed by atoms with Gasteiger partial charge in [0.1, 0.15) is 19.0 Å². The van der Waals surface area contributed by atoms with Crippen molar-refractivity contribution < 1.29 is 23.8 Å². The van der Waals surface area contributed by atoms with Gasteiger partial charge in [0.2, 0.25) is 5.91 Å². The summed E-state index contributed by atoms with van der Waals surface area (Å²) in [5.41, 5.74) is 0.995. The lowest BCUT2D eigenvalue weighted by atomic mass is 10.2. The van der Waals surface area contributed by atoms with Crippen LogP contribution in [0.2, 0.25) is 0 Å². The van der Waals surface area contributed by atoms with E-state index in [2.05, 4.69) is 26.0 Å². The molecule has 2 N–H and O–H groups in total. The van der Waals surface area contributed by atoms with E-state index < -0.39 is 24.3 Å². The van der Waals surface area contributed by atoms with E-state index in [-0.39, 0.29) is 11.1 Å². The number of carbonyl (C=O) groups is 2. The molecule has 1 rings (SSSR count). The predicted octanol–water partition coefficient (Wildman–Crippen LogP) is 1.94. The molecule has 0 aromatic heterocycles. The zero-order chi connectivity index (χ0) is 13.7. The van der Waals surface area contributed by atoms with Gasteiger partial charge in [0.05, 0.1) is 4.47 Å². The minimum atomic E-state index is -1.15. The van der Waals surface area contributed by atoms with E-state index in [1.165, 1.54) is 12.1 Å². The molecule has 0 atom stereocenters. The second-order valence-electron chi connectivity index (χ2n) is 3.52. The Labute approximate surface area is 111 Å². The standard InChI is InChI=1S/C11H11BrFNO4/c1-6-2-8(13)7(12)3-9(6)14-10(15)4-18-5-11(16)17/h2-3H,4-5H2,1H3,(H,14,15)(H,16,17). The summed E-state index contributed by atoms with van der Waals surface area (Å²) in [6.07, 6.45) is 0. The third-order valence-corrected chi connectivity index (χ3v) is 2.61. The third kappa shape index (κ3) is 4.42. The Bertz CT molecular complexity index is 478. The molecular weight excluding hydrogens is 309 g/mol. The minimum absolute atomic E-state index is 0.231. The predicted molar refractivity (Wildman–Crippen MR) is 65.9 cm³/mol. The van der Waals surface area contributed by atoms with Gasteiger partial charge in [-0.2, -0.15) is 0 Å². The number of carboxylic acids is 1. The van der Waals surface area contributed by atoms with Crippen molar-refractivity contribution in [1.82, 2.24) is 0 Å². The van der Waals surface area contributed by atoms with Crippen molar-refractivity contribution in [3.63, 3.8) is 0 Å². The highest BCUT2D eigenvalue weighted by atomic mass is 79.9. The van der Waals surface area contributed by atoms with Crippen LogP contribution in [0, 0.1) is 12.7 Å². The van der Waals surface area contributed by atoms with Crippen LogP contribution in [0.5, 0.6) is 0 Å². The fourth-order valence-corrected chi connectivity index (χ4v) is 1.54. The number of carboxylic acid groups (broad SMARTS) is 1. The van der Waals surface area contributed by atoms with Crippen LogP contribution >= 0.6 is 15.9 Å². The lowest BCUT2D eigenvalue weighted by Crippen LogP contribution is -2.21. The van der Waals surface area contributed by atoms with Gasteiger partial charge in [-0.1, -0.05) is 0 Å². The van der Waals surface area contributed by atoms with Gasteiger partial charge in [0, 0.05) is 5.69 Å². The molecule has 18 heavy (non-hydrogen) atoms. The molecule has 0 fully saturated rings. The second-order valence-corrected chi connectivity index (χ2v) is 4.37. The van der Waals surface area contributed by atoms with Gasteiger partial charge in [-0.15, -0.1) is 0 Å². The lowest BCUT2D eigenvalue weighted by molar-refractivity contribution is -0.143. The molecule has 0 radical (unpaired) electrons. The van der Waals surface area contributed by atoms with E-state index >= 15 is 0 Å². The van der Waals surface area contributed by atoms with E-state index in [9.17, 15) is 14.0 Å². The topological polar surface area (TPSA) is 75.6 Å². The van der Waals surface area contributed by atoms with Crippen molar-refractivity contribution in [2.24, 2.45) is 0 Å². The van der Waals surface area contributed by atoms with Crippen molar-refractivity contribution in [1.29, 1.82) is 0 Å². The Morgan fingerprint density at radius 1 is 1.44 bits per heavy atom. The Balaban J connectivity index is 2.59. The summed E-state index contributed by atoms with van der Waals surface area (Å²) < 4.78 is 18.0. The molecule has 1 aromatic rings. The fourth-order valence-electron chi connectivity index (χ4n) is 1.20. The van der Waals surface area contributed by atoms with E-state index in [0.29, 0.717) is 11.3 Å². The first-order valence-corrected chi connectivity index (χ1v) is 5.74. The number of hydrogen-bond donors (Lipinski definition) is 2. The summed E-state index contributed by atoms with van der Waals surface area (Å²) in [5, 5.41) is 10.8. The summed E-state index contributed by atoms with van der Waals surface area (Å²) in [6, 6.07) is 2.71. The number of aliphatic carboxylic acids is 1. The highest BCUT2D eigenvalue weighted by Crippen LogP contribution is 2.24. The molecule has 0 bridgehead atoms. The fraction of sp³-hybridized carbons (Fsp3) is 0.273. The van der Waals surface area contributed by atoms with Crippen molar-refractivity contribution >= 4 is 33.5 Å². The highest BCUT2D eigenvalue weighted by molar-refractivity contribution is 9.10. The average Bonchev–Trinajstić information content (AvgIpc) is 2.25. The van der Waals surface area contributed by atoms with E-state index in [0.717, 1.165) is 0 Å². The number of anilines is 1. The number of amides is 1. The largest absolute Gasteiger partial charge is 0.480 e. The molecule has 1 amide bonds. The van der Waals surface area contributed by atoms with Gasteiger partial charge in [0.25, 0.3) is 0 Å². The van der Waals surface area contributed by atoms with E-state index in [1.807, 2.05) is 0 Å². The van der Waals surface area contributed by atoms with Crippen LogP contribution in [0.3, 0.4) is 0 Å². The van der Waals surface area contributed by atoms with Gasteiger partial charge in [0.15, 0.2) is 0 Å². The summed E-state index contributed by atoms with van der Waals surface area (Å²) in [4.78, 5) is 21.6. The molecule has 0 saturated carbocycles. The molecule has 0 aliphatic carbocycles. The first kappa shape index (κ1) is 14.6. The molecule has 0 aliphatic rings. The molecule has 1 aromatic carbocycles. The first-order valence-electron chi connectivity index (χ1n) is 4.95. The number of ether oxygens (including phenoxy) is 1. The summed E-state index contributed by atoms with van der Waals surface area (Å²) in [6.45, 7) is 0.726. The zero-order valence-corrected chi connectivity index (χ0v) is 11.1. The van der Waals surface area contributed by atoms with Crippen molar-refractivity contribution in [3.8, 4) is 0 Å². The van der Waals surface area contributed by atoms with Crippen molar-refractivity contribution in [3.05, 3.63) is 28.0 Å². The Kier molecular flexibility index (Phi) is 5.24. The van der Waals surface area contributed by atoms with Gasteiger partial charge in [-0.25, -0.2) is 9.18 Å². The van der Waals surface area contributed by atoms with Crippen LogP contribution in [0.25, 0.3) is 0 Å².